The second-order valence-electron chi connectivity index (χ2n) is 5.68. The Balaban J connectivity index is 1.72. The van der Waals surface area contributed by atoms with E-state index in [0.29, 0.717) is 27.8 Å². The highest BCUT2D eigenvalue weighted by molar-refractivity contribution is 9.10. The maximum absolute atomic E-state index is 12.5. The van der Waals surface area contributed by atoms with E-state index >= 15 is 0 Å². The van der Waals surface area contributed by atoms with Crippen LogP contribution in [0.4, 0.5) is 5.69 Å². The van der Waals surface area contributed by atoms with E-state index in [4.69, 9.17) is 0 Å². The Morgan fingerprint density at radius 2 is 1.46 bits per heavy atom. The molecule has 4 nitrogen and oxygen atoms in total. The fraction of sp³-hybridized carbons (Fsp3) is 0.0476. The van der Waals surface area contributed by atoms with Gasteiger partial charge in [0.1, 0.15) is 0 Å². The van der Waals surface area contributed by atoms with Crippen molar-refractivity contribution in [1.82, 2.24) is 5.32 Å². The molecule has 26 heavy (non-hydrogen) atoms. The first-order valence-electron chi connectivity index (χ1n) is 8.11. The topological polar surface area (TPSA) is 58.2 Å². The van der Waals surface area contributed by atoms with Gasteiger partial charge in [-0.15, -0.1) is 0 Å². The monoisotopic (exact) mass is 408 g/mol. The molecular weight excluding hydrogens is 392 g/mol. The van der Waals surface area contributed by atoms with Crippen molar-refractivity contribution >= 4 is 33.4 Å². The number of hydrogen-bond donors (Lipinski definition) is 2. The number of rotatable bonds is 5. The highest BCUT2D eigenvalue weighted by Crippen LogP contribution is 2.20. The van der Waals surface area contributed by atoms with Crippen molar-refractivity contribution in [2.24, 2.45) is 0 Å². The van der Waals surface area contributed by atoms with Crippen LogP contribution in [0.2, 0.25) is 0 Å². The van der Waals surface area contributed by atoms with Gasteiger partial charge in [-0.05, 0) is 51.8 Å². The zero-order valence-electron chi connectivity index (χ0n) is 13.9. The summed E-state index contributed by atoms with van der Waals surface area (Å²) < 4.78 is 0.630. The van der Waals surface area contributed by atoms with Crippen LogP contribution in [0.1, 0.15) is 26.3 Å². The zero-order valence-corrected chi connectivity index (χ0v) is 15.5. The first-order valence-corrected chi connectivity index (χ1v) is 8.91. The van der Waals surface area contributed by atoms with E-state index in [2.05, 4.69) is 26.6 Å². The molecule has 5 heteroatoms. The summed E-state index contributed by atoms with van der Waals surface area (Å²) in [6, 6.07) is 23.8. The Labute approximate surface area is 160 Å². The second-order valence-corrected chi connectivity index (χ2v) is 6.54. The smallest absolute Gasteiger partial charge is 0.256 e. The Bertz CT molecular complexity index is 912. The summed E-state index contributed by atoms with van der Waals surface area (Å²) >= 11 is 3.38. The summed E-state index contributed by atoms with van der Waals surface area (Å²) in [7, 11) is 0. The molecule has 2 N–H and O–H groups in total. The van der Waals surface area contributed by atoms with Crippen molar-refractivity contribution in [1.29, 1.82) is 0 Å². The molecule has 0 aliphatic carbocycles. The predicted octanol–water partition coefficient (Wildman–Crippen LogP) is 4.63. The molecule has 0 saturated carbocycles. The number of para-hydroxylation sites is 1. The third-order valence-corrected chi connectivity index (χ3v) is 4.49. The summed E-state index contributed by atoms with van der Waals surface area (Å²) in [6.45, 7) is 0.432. The molecule has 0 aliphatic rings. The second kappa shape index (κ2) is 8.45. The maximum Gasteiger partial charge on any atom is 0.256 e. The summed E-state index contributed by atoms with van der Waals surface area (Å²) in [5.74, 6) is -0.504. The molecule has 3 aromatic rings. The van der Waals surface area contributed by atoms with Crippen molar-refractivity contribution in [3.8, 4) is 0 Å². The van der Waals surface area contributed by atoms with Crippen LogP contribution in [0.25, 0.3) is 0 Å². The van der Waals surface area contributed by atoms with Crippen molar-refractivity contribution in [3.63, 3.8) is 0 Å². The third kappa shape index (κ3) is 4.58. The van der Waals surface area contributed by atoms with Crippen LogP contribution in [0, 0.1) is 0 Å². The first kappa shape index (κ1) is 17.9. The Hall–Kier alpha value is -2.92. The minimum Gasteiger partial charge on any atom is -0.348 e. The molecule has 3 rings (SSSR count). The molecule has 130 valence electrons. The van der Waals surface area contributed by atoms with Crippen LogP contribution in [0.15, 0.2) is 83.3 Å². The van der Waals surface area contributed by atoms with Gasteiger partial charge in [0.05, 0.1) is 5.56 Å². The van der Waals surface area contributed by atoms with Gasteiger partial charge in [-0.2, -0.15) is 0 Å². The van der Waals surface area contributed by atoms with Gasteiger partial charge in [-0.1, -0.05) is 48.5 Å². The predicted molar refractivity (Wildman–Crippen MR) is 106 cm³/mol. The lowest BCUT2D eigenvalue weighted by atomic mass is 10.1. The zero-order chi connectivity index (χ0) is 18.4. The maximum atomic E-state index is 12.5. The van der Waals surface area contributed by atoms with E-state index in [-0.39, 0.29) is 11.8 Å². The van der Waals surface area contributed by atoms with E-state index in [1.54, 1.807) is 18.2 Å². The average Bonchev–Trinajstić information content (AvgIpc) is 2.68. The lowest BCUT2D eigenvalue weighted by molar-refractivity contribution is 0.0951. The lowest BCUT2D eigenvalue weighted by Crippen LogP contribution is -2.23. The van der Waals surface area contributed by atoms with Crippen LogP contribution in [-0.4, -0.2) is 11.8 Å². The molecule has 0 atom stereocenters. The minimum atomic E-state index is -0.277. The molecule has 0 aliphatic heterocycles. The summed E-state index contributed by atoms with van der Waals surface area (Å²) in [5, 5.41) is 5.69. The molecule has 0 unspecified atom stereocenters. The van der Waals surface area contributed by atoms with Crippen LogP contribution in [0.3, 0.4) is 0 Å². The van der Waals surface area contributed by atoms with Crippen molar-refractivity contribution < 1.29 is 9.59 Å². The van der Waals surface area contributed by atoms with E-state index in [1.807, 2.05) is 60.7 Å². The number of halogens is 1. The van der Waals surface area contributed by atoms with Gasteiger partial charge in [0.2, 0.25) is 0 Å². The number of anilines is 1. The average molecular weight is 409 g/mol. The molecule has 0 radical (unpaired) electrons. The quantitative estimate of drug-likeness (QED) is 0.646. The Kier molecular flexibility index (Phi) is 5.81. The highest BCUT2D eigenvalue weighted by atomic mass is 79.9. The number of amides is 2. The van der Waals surface area contributed by atoms with Crippen molar-refractivity contribution in [2.45, 2.75) is 6.54 Å². The number of hydrogen-bond acceptors (Lipinski definition) is 2. The van der Waals surface area contributed by atoms with Gasteiger partial charge in [0.15, 0.2) is 0 Å². The van der Waals surface area contributed by atoms with Gasteiger partial charge in [-0.25, -0.2) is 0 Å². The SMILES string of the molecule is O=C(NCc1ccccc1)c1ccc(Br)c(C(=O)Nc2ccccc2)c1. The van der Waals surface area contributed by atoms with E-state index in [0.717, 1.165) is 5.56 Å². The normalized spacial score (nSPS) is 10.2. The molecule has 2 amide bonds. The van der Waals surface area contributed by atoms with Crippen molar-refractivity contribution in [3.05, 3.63) is 100 Å². The Morgan fingerprint density at radius 1 is 0.808 bits per heavy atom. The molecule has 0 fully saturated rings. The van der Waals surface area contributed by atoms with Gasteiger partial charge in [0, 0.05) is 22.3 Å². The van der Waals surface area contributed by atoms with E-state index in [1.165, 1.54) is 0 Å². The summed E-state index contributed by atoms with van der Waals surface area (Å²) in [6.07, 6.45) is 0. The summed E-state index contributed by atoms with van der Waals surface area (Å²) in [5.41, 5.74) is 2.55. The van der Waals surface area contributed by atoms with E-state index < -0.39 is 0 Å². The minimum absolute atomic E-state index is 0.227. The standard InChI is InChI=1S/C21H17BrN2O2/c22-19-12-11-16(20(25)23-14-15-7-3-1-4-8-15)13-18(19)21(26)24-17-9-5-2-6-10-17/h1-13H,14H2,(H,23,25)(H,24,26). The number of nitrogens with one attached hydrogen (secondary N) is 2. The highest BCUT2D eigenvalue weighted by Gasteiger charge is 2.14. The van der Waals surface area contributed by atoms with Gasteiger partial charge in [0.25, 0.3) is 11.8 Å². The molecular formula is C21H17BrN2O2. The molecule has 0 aromatic heterocycles. The van der Waals surface area contributed by atoms with Crippen LogP contribution < -0.4 is 10.6 Å². The van der Waals surface area contributed by atoms with Crippen LogP contribution in [-0.2, 0) is 6.54 Å². The third-order valence-electron chi connectivity index (χ3n) is 3.80. The first-order chi connectivity index (χ1) is 12.6. The molecule has 3 aromatic carbocycles. The lowest BCUT2D eigenvalue weighted by Gasteiger charge is -2.10. The molecule has 0 bridgehead atoms. The number of carbonyl (C=O) groups is 2. The molecule has 0 heterocycles. The molecule has 0 spiro atoms. The number of carbonyl (C=O) groups excluding carboxylic acids is 2. The summed E-state index contributed by atoms with van der Waals surface area (Å²) in [4.78, 5) is 24.9. The van der Waals surface area contributed by atoms with Gasteiger partial charge >= 0.3 is 0 Å². The fourth-order valence-electron chi connectivity index (χ4n) is 2.44. The van der Waals surface area contributed by atoms with Gasteiger partial charge < -0.3 is 10.6 Å². The van der Waals surface area contributed by atoms with Crippen LogP contribution in [0.5, 0.6) is 0 Å². The van der Waals surface area contributed by atoms with Gasteiger partial charge in [-0.3, -0.25) is 9.59 Å². The van der Waals surface area contributed by atoms with Crippen LogP contribution >= 0.6 is 15.9 Å². The largest absolute Gasteiger partial charge is 0.348 e. The Morgan fingerprint density at radius 3 is 2.15 bits per heavy atom. The fourth-order valence-corrected chi connectivity index (χ4v) is 2.87. The van der Waals surface area contributed by atoms with Crippen molar-refractivity contribution in [2.75, 3.05) is 5.32 Å². The molecule has 0 saturated heterocycles. The van der Waals surface area contributed by atoms with E-state index in [9.17, 15) is 9.59 Å². The number of benzene rings is 3.